The minimum absolute atomic E-state index is 0.330. The molecule has 0 radical (unpaired) electrons. The number of unbranched alkanes of at least 4 members (excludes halogenated alkanes) is 6. The van der Waals surface area contributed by atoms with Crippen LogP contribution in [0.5, 0.6) is 0 Å². The van der Waals surface area contributed by atoms with Crippen molar-refractivity contribution in [2.75, 3.05) is 6.61 Å². The minimum atomic E-state index is 0.330. The molecule has 0 atom stereocenters. The quantitative estimate of drug-likeness (QED) is 0.453. The van der Waals surface area contributed by atoms with Crippen LogP contribution in [0.4, 0.5) is 0 Å². The van der Waals surface area contributed by atoms with E-state index in [-0.39, 0.29) is 0 Å². The van der Waals surface area contributed by atoms with E-state index >= 15 is 0 Å². The van der Waals surface area contributed by atoms with E-state index in [9.17, 15) is 0 Å². The van der Waals surface area contributed by atoms with Crippen molar-refractivity contribution in [2.45, 2.75) is 51.4 Å². The molecule has 0 fully saturated rings. The highest BCUT2D eigenvalue weighted by Crippen LogP contribution is 2.07. The fraction of sp³-hybridized carbons (Fsp3) is 0.750. The van der Waals surface area contributed by atoms with Gasteiger partial charge < -0.3 is 5.11 Å². The fourth-order valence-electron chi connectivity index (χ4n) is 1.33. The van der Waals surface area contributed by atoms with Crippen LogP contribution in [0.25, 0.3) is 0 Å². The highest BCUT2D eigenvalue weighted by Gasteiger charge is 1.89. The molecule has 2 nitrogen and oxygen atoms in total. The lowest BCUT2D eigenvalue weighted by Gasteiger charge is -1.98. The Morgan fingerprint density at radius 2 is 1.57 bits per heavy atom. The van der Waals surface area contributed by atoms with E-state index in [2.05, 4.69) is 12.1 Å². The molecule has 1 N–H and O–H groups in total. The van der Waals surface area contributed by atoms with Crippen LogP contribution in [0.1, 0.15) is 51.4 Å². The maximum absolute atomic E-state index is 8.55. The third-order valence-corrected chi connectivity index (χ3v) is 2.15. The van der Waals surface area contributed by atoms with E-state index in [1.807, 2.05) is 6.08 Å². The van der Waals surface area contributed by atoms with Gasteiger partial charge in [0.25, 0.3) is 0 Å². The summed E-state index contributed by atoms with van der Waals surface area (Å²) in [5.74, 6) is 0. The summed E-state index contributed by atoms with van der Waals surface area (Å²) in [6.07, 6.45) is 12.8. The van der Waals surface area contributed by atoms with Gasteiger partial charge in [-0.3, -0.25) is 0 Å². The second kappa shape index (κ2) is 12.2. The Labute approximate surface area is 87.3 Å². The summed E-state index contributed by atoms with van der Waals surface area (Å²) in [6.45, 7) is 0.330. The van der Waals surface area contributed by atoms with E-state index in [1.54, 1.807) is 0 Å². The van der Waals surface area contributed by atoms with Crippen molar-refractivity contribution < 1.29 is 5.11 Å². The first-order valence-electron chi connectivity index (χ1n) is 5.54. The van der Waals surface area contributed by atoms with Gasteiger partial charge in [0.05, 0.1) is 12.5 Å². The molecule has 0 unspecified atom stereocenters. The molecule has 0 aromatic rings. The van der Waals surface area contributed by atoms with Gasteiger partial charge in [-0.2, -0.15) is 5.26 Å². The summed E-state index contributed by atoms with van der Waals surface area (Å²) in [5.41, 5.74) is 0. The van der Waals surface area contributed by atoms with E-state index in [1.165, 1.54) is 25.7 Å². The van der Waals surface area contributed by atoms with Gasteiger partial charge in [0.2, 0.25) is 0 Å². The van der Waals surface area contributed by atoms with Gasteiger partial charge in [0.1, 0.15) is 0 Å². The molecule has 0 aromatic carbocycles. The van der Waals surface area contributed by atoms with Gasteiger partial charge in [-0.05, 0) is 19.3 Å². The largest absolute Gasteiger partial charge is 0.396 e. The van der Waals surface area contributed by atoms with Gasteiger partial charge >= 0.3 is 0 Å². The third kappa shape index (κ3) is 11.2. The Morgan fingerprint density at radius 1 is 0.929 bits per heavy atom. The summed E-state index contributed by atoms with van der Waals surface area (Å²) in [5, 5.41) is 16.8. The molecule has 80 valence electrons. The molecule has 0 aliphatic heterocycles. The van der Waals surface area contributed by atoms with Gasteiger partial charge in [-0.1, -0.05) is 37.8 Å². The van der Waals surface area contributed by atoms with Crippen molar-refractivity contribution in [1.82, 2.24) is 0 Å². The van der Waals surface area contributed by atoms with Crippen LogP contribution in [0, 0.1) is 11.3 Å². The molecule has 0 spiro atoms. The maximum atomic E-state index is 8.55. The maximum Gasteiger partial charge on any atom is 0.0663 e. The number of nitrogens with zero attached hydrogens (tertiary/aromatic N) is 1. The third-order valence-electron chi connectivity index (χ3n) is 2.15. The first kappa shape index (κ1) is 13.2. The van der Waals surface area contributed by atoms with Crippen molar-refractivity contribution in [3.05, 3.63) is 12.2 Å². The number of aliphatic hydroxyl groups excluding tert-OH is 1. The topological polar surface area (TPSA) is 44.0 Å². The predicted octanol–water partition coefficient (Wildman–Crippen LogP) is 3.18. The lowest BCUT2D eigenvalue weighted by molar-refractivity contribution is 0.282. The number of rotatable bonds is 9. The first-order chi connectivity index (χ1) is 6.91. The summed E-state index contributed by atoms with van der Waals surface area (Å²) in [7, 11) is 0. The number of aliphatic hydroxyl groups is 1. The van der Waals surface area contributed by atoms with E-state index in [0.717, 1.165) is 19.3 Å². The SMILES string of the molecule is N#CC/C=C/CCCCCCCCO. The second-order valence-electron chi connectivity index (χ2n) is 3.47. The van der Waals surface area contributed by atoms with Crippen LogP contribution in [0.3, 0.4) is 0 Å². The molecule has 0 heterocycles. The fourth-order valence-corrected chi connectivity index (χ4v) is 1.33. The van der Waals surface area contributed by atoms with E-state index in [4.69, 9.17) is 10.4 Å². The predicted molar refractivity (Wildman–Crippen MR) is 58.8 cm³/mol. The van der Waals surface area contributed by atoms with Crippen molar-refractivity contribution in [2.24, 2.45) is 0 Å². The Morgan fingerprint density at radius 3 is 2.21 bits per heavy atom. The van der Waals surface area contributed by atoms with Crippen molar-refractivity contribution in [3.63, 3.8) is 0 Å². The summed E-state index contributed by atoms with van der Waals surface area (Å²) in [4.78, 5) is 0. The summed E-state index contributed by atoms with van der Waals surface area (Å²) >= 11 is 0. The highest BCUT2D eigenvalue weighted by atomic mass is 16.2. The van der Waals surface area contributed by atoms with Crippen LogP contribution < -0.4 is 0 Å². The monoisotopic (exact) mass is 195 g/mol. The standard InChI is InChI=1S/C12H21NO/c13-11-9-7-5-3-1-2-4-6-8-10-12-14/h5,7,14H,1-4,6,8-10,12H2/b7-5+. The molecule has 0 saturated heterocycles. The van der Waals surface area contributed by atoms with Crippen LogP contribution >= 0.6 is 0 Å². The van der Waals surface area contributed by atoms with Crippen LogP contribution in [-0.4, -0.2) is 11.7 Å². The highest BCUT2D eigenvalue weighted by molar-refractivity contribution is 4.90. The Hall–Kier alpha value is -0.810. The zero-order valence-corrected chi connectivity index (χ0v) is 8.91. The van der Waals surface area contributed by atoms with Crippen LogP contribution in [0.2, 0.25) is 0 Å². The summed E-state index contributed by atoms with van der Waals surface area (Å²) < 4.78 is 0. The zero-order chi connectivity index (χ0) is 10.5. The summed E-state index contributed by atoms with van der Waals surface area (Å²) in [6, 6.07) is 2.08. The van der Waals surface area contributed by atoms with Crippen molar-refractivity contribution in [3.8, 4) is 6.07 Å². The Balaban J connectivity index is 2.96. The second-order valence-corrected chi connectivity index (χ2v) is 3.47. The smallest absolute Gasteiger partial charge is 0.0663 e. The number of nitriles is 1. The molecular formula is C12H21NO. The Kier molecular flexibility index (Phi) is 11.5. The molecule has 0 saturated carbocycles. The van der Waals surface area contributed by atoms with Crippen LogP contribution in [-0.2, 0) is 0 Å². The van der Waals surface area contributed by atoms with E-state index < -0.39 is 0 Å². The number of hydrogen-bond donors (Lipinski definition) is 1. The molecule has 0 aliphatic rings. The van der Waals surface area contributed by atoms with Crippen molar-refractivity contribution >= 4 is 0 Å². The lowest BCUT2D eigenvalue weighted by atomic mass is 10.1. The molecule has 14 heavy (non-hydrogen) atoms. The van der Waals surface area contributed by atoms with Crippen LogP contribution in [0.15, 0.2) is 12.2 Å². The molecule has 0 bridgehead atoms. The zero-order valence-electron chi connectivity index (χ0n) is 8.91. The van der Waals surface area contributed by atoms with E-state index in [0.29, 0.717) is 13.0 Å². The average molecular weight is 195 g/mol. The molecule has 0 rings (SSSR count). The van der Waals surface area contributed by atoms with Gasteiger partial charge in [0, 0.05) is 6.61 Å². The molecule has 2 heteroatoms. The molecule has 0 aromatic heterocycles. The molecule has 0 aliphatic carbocycles. The average Bonchev–Trinajstić information content (AvgIpc) is 2.21. The van der Waals surface area contributed by atoms with Crippen molar-refractivity contribution in [1.29, 1.82) is 5.26 Å². The minimum Gasteiger partial charge on any atom is -0.396 e. The molecular weight excluding hydrogens is 174 g/mol. The van der Waals surface area contributed by atoms with Gasteiger partial charge in [0.15, 0.2) is 0 Å². The first-order valence-corrected chi connectivity index (χ1v) is 5.54. The number of allylic oxidation sites excluding steroid dienone is 2. The normalized spacial score (nSPS) is 10.6. The molecule has 0 amide bonds. The Bertz CT molecular complexity index is 170. The number of hydrogen-bond acceptors (Lipinski definition) is 2. The lowest BCUT2D eigenvalue weighted by Crippen LogP contribution is -1.83. The van der Waals surface area contributed by atoms with Gasteiger partial charge in [-0.15, -0.1) is 0 Å². The van der Waals surface area contributed by atoms with Gasteiger partial charge in [-0.25, -0.2) is 0 Å².